The minimum Gasteiger partial charge on any atom is -0.357 e. The second-order valence-corrected chi connectivity index (χ2v) is 12.2. The molecule has 3 rings (SSSR count). The number of hydrogen-bond acceptors (Lipinski definition) is 4. The number of aliphatic imine (C=N–C) groups is 1. The molecule has 0 amide bonds. The van der Waals surface area contributed by atoms with E-state index in [1.54, 1.807) is 0 Å². The van der Waals surface area contributed by atoms with E-state index in [4.69, 9.17) is 4.99 Å². The zero-order chi connectivity index (χ0) is 20.4. The lowest BCUT2D eigenvalue weighted by Gasteiger charge is -2.42. The molecule has 3 unspecified atom stereocenters. The van der Waals surface area contributed by atoms with E-state index in [1.807, 2.05) is 0 Å². The van der Waals surface area contributed by atoms with Crippen molar-refractivity contribution >= 4 is 15.8 Å². The lowest BCUT2D eigenvalue weighted by Crippen LogP contribution is -2.55. The van der Waals surface area contributed by atoms with Crippen LogP contribution in [0, 0.1) is 17.3 Å². The van der Waals surface area contributed by atoms with E-state index in [0.29, 0.717) is 13.0 Å². The molecule has 1 saturated heterocycles. The first-order chi connectivity index (χ1) is 13.2. The topological polar surface area (TPSA) is 65.0 Å². The summed E-state index contributed by atoms with van der Waals surface area (Å²) in [7, 11) is -2.92. The van der Waals surface area contributed by atoms with E-state index in [0.717, 1.165) is 56.6 Å². The summed E-state index contributed by atoms with van der Waals surface area (Å²) in [6.07, 6.45) is 7.76. The van der Waals surface area contributed by atoms with Crippen LogP contribution in [0.2, 0.25) is 0 Å². The van der Waals surface area contributed by atoms with Gasteiger partial charge in [-0.1, -0.05) is 20.3 Å². The van der Waals surface area contributed by atoms with Gasteiger partial charge >= 0.3 is 0 Å². The minimum absolute atomic E-state index is 0.116. The Balaban J connectivity index is 1.53. The third-order valence-corrected chi connectivity index (χ3v) is 7.87. The Kier molecular flexibility index (Phi) is 6.96. The first kappa shape index (κ1) is 21.9. The first-order valence-corrected chi connectivity index (χ1v) is 13.2. The maximum absolute atomic E-state index is 11.5. The second kappa shape index (κ2) is 8.90. The van der Waals surface area contributed by atoms with Gasteiger partial charge in [-0.15, -0.1) is 0 Å². The van der Waals surface area contributed by atoms with E-state index in [2.05, 4.69) is 35.9 Å². The number of guanidine groups is 1. The molecule has 2 saturated carbocycles. The molecular formula is C21H40N4O2S. The van der Waals surface area contributed by atoms with Crippen LogP contribution >= 0.6 is 0 Å². The summed E-state index contributed by atoms with van der Waals surface area (Å²) >= 11 is 0. The molecule has 0 spiro atoms. The first-order valence-electron chi connectivity index (χ1n) is 11.1. The van der Waals surface area contributed by atoms with Crippen molar-refractivity contribution in [2.24, 2.45) is 22.2 Å². The van der Waals surface area contributed by atoms with E-state index < -0.39 is 9.84 Å². The third kappa shape index (κ3) is 5.85. The van der Waals surface area contributed by atoms with Gasteiger partial charge in [0.1, 0.15) is 9.84 Å². The van der Waals surface area contributed by atoms with Crippen LogP contribution < -0.4 is 5.32 Å². The van der Waals surface area contributed by atoms with Crippen LogP contribution in [-0.2, 0) is 9.84 Å². The molecule has 0 aromatic carbocycles. The Morgan fingerprint density at radius 2 is 1.86 bits per heavy atom. The Morgan fingerprint density at radius 3 is 2.39 bits per heavy atom. The lowest BCUT2D eigenvalue weighted by molar-refractivity contribution is 0.0957. The molecular weight excluding hydrogens is 372 g/mol. The summed E-state index contributed by atoms with van der Waals surface area (Å²) in [5.74, 6) is 3.17. The van der Waals surface area contributed by atoms with E-state index in [1.165, 1.54) is 31.9 Å². The zero-order valence-electron chi connectivity index (χ0n) is 18.3. The maximum atomic E-state index is 11.5. The number of rotatable bonds is 7. The highest BCUT2D eigenvalue weighted by Crippen LogP contribution is 2.46. The summed E-state index contributed by atoms with van der Waals surface area (Å²) in [6.45, 7) is 12.2. The molecule has 3 atom stereocenters. The monoisotopic (exact) mass is 412 g/mol. The number of fused-ring (bicyclic) bond motifs is 2. The molecule has 2 bridgehead atoms. The molecule has 0 radical (unpaired) electrons. The fourth-order valence-electron chi connectivity index (χ4n) is 5.18. The van der Waals surface area contributed by atoms with Gasteiger partial charge in [-0.25, -0.2) is 8.42 Å². The largest absolute Gasteiger partial charge is 0.357 e. The molecule has 6 nitrogen and oxygen atoms in total. The van der Waals surface area contributed by atoms with Crippen LogP contribution in [0.25, 0.3) is 0 Å². The van der Waals surface area contributed by atoms with Gasteiger partial charge in [-0.2, -0.15) is 0 Å². The summed E-state index contributed by atoms with van der Waals surface area (Å²) in [6, 6.07) is 0.829. The Morgan fingerprint density at radius 1 is 1.14 bits per heavy atom. The van der Waals surface area contributed by atoms with Crippen molar-refractivity contribution in [3.63, 3.8) is 0 Å². The summed E-state index contributed by atoms with van der Waals surface area (Å²) in [4.78, 5) is 10.0. The van der Waals surface area contributed by atoms with Gasteiger partial charge in [-0.05, 0) is 49.9 Å². The van der Waals surface area contributed by atoms with Crippen LogP contribution in [0.5, 0.6) is 0 Å². The fourth-order valence-corrected chi connectivity index (χ4v) is 6.10. The standard InChI is InChI=1S/C21H40N4O2S/c1-5-22-20(23-16-21(2,3)8-13-28(4,26)27)25-11-9-24(10-12-25)19-15-17-6-7-18(19)14-17/h17-19H,5-16H2,1-4H3,(H,22,23). The van der Waals surface area contributed by atoms with Gasteiger partial charge in [-0.3, -0.25) is 9.89 Å². The average Bonchev–Trinajstić information content (AvgIpc) is 3.27. The van der Waals surface area contributed by atoms with Gasteiger partial charge in [0, 0.05) is 51.6 Å². The van der Waals surface area contributed by atoms with E-state index in [-0.39, 0.29) is 11.2 Å². The van der Waals surface area contributed by atoms with Crippen molar-refractivity contribution in [2.75, 3.05) is 51.3 Å². The molecule has 28 heavy (non-hydrogen) atoms. The summed E-state index contributed by atoms with van der Waals surface area (Å²) in [5.41, 5.74) is -0.116. The van der Waals surface area contributed by atoms with Crippen molar-refractivity contribution < 1.29 is 8.42 Å². The van der Waals surface area contributed by atoms with Gasteiger partial charge in [0.15, 0.2) is 5.96 Å². The van der Waals surface area contributed by atoms with Crippen molar-refractivity contribution in [3.8, 4) is 0 Å². The Bertz CT molecular complexity index is 653. The van der Waals surface area contributed by atoms with Gasteiger partial charge < -0.3 is 10.2 Å². The average molecular weight is 413 g/mol. The molecule has 3 fully saturated rings. The number of sulfone groups is 1. The van der Waals surface area contributed by atoms with Crippen LogP contribution in [0.4, 0.5) is 0 Å². The smallest absolute Gasteiger partial charge is 0.194 e. The molecule has 0 aromatic heterocycles. The van der Waals surface area contributed by atoms with Crippen LogP contribution in [0.15, 0.2) is 4.99 Å². The van der Waals surface area contributed by atoms with Gasteiger partial charge in [0.25, 0.3) is 0 Å². The predicted octanol–water partition coefficient (Wildman–Crippen LogP) is 2.22. The normalized spacial score (nSPS) is 29.5. The lowest BCUT2D eigenvalue weighted by atomic mass is 9.90. The Labute approximate surface area is 172 Å². The molecule has 1 N–H and O–H groups in total. The molecule has 162 valence electrons. The predicted molar refractivity (Wildman–Crippen MR) is 116 cm³/mol. The third-order valence-electron chi connectivity index (χ3n) is 6.92. The zero-order valence-corrected chi connectivity index (χ0v) is 19.1. The van der Waals surface area contributed by atoms with Crippen molar-refractivity contribution in [3.05, 3.63) is 0 Å². The second-order valence-electron chi connectivity index (χ2n) is 9.98. The quantitative estimate of drug-likeness (QED) is 0.513. The minimum atomic E-state index is -2.92. The van der Waals surface area contributed by atoms with Gasteiger partial charge in [0.05, 0.1) is 5.75 Å². The number of nitrogens with one attached hydrogen (secondary N) is 1. The van der Waals surface area contributed by atoms with E-state index in [9.17, 15) is 8.42 Å². The van der Waals surface area contributed by atoms with Crippen LogP contribution in [0.3, 0.4) is 0 Å². The molecule has 7 heteroatoms. The highest BCUT2D eigenvalue weighted by Gasteiger charge is 2.42. The summed E-state index contributed by atoms with van der Waals surface area (Å²) in [5, 5.41) is 3.45. The number of piperazine rings is 1. The summed E-state index contributed by atoms with van der Waals surface area (Å²) < 4.78 is 23.0. The Hall–Kier alpha value is -0.820. The van der Waals surface area contributed by atoms with E-state index >= 15 is 0 Å². The molecule has 3 aliphatic rings. The number of hydrogen-bond donors (Lipinski definition) is 1. The highest BCUT2D eigenvalue weighted by atomic mass is 32.2. The maximum Gasteiger partial charge on any atom is 0.194 e. The van der Waals surface area contributed by atoms with Crippen molar-refractivity contribution in [1.29, 1.82) is 0 Å². The van der Waals surface area contributed by atoms with Crippen LogP contribution in [0.1, 0.15) is 52.9 Å². The van der Waals surface area contributed by atoms with Crippen molar-refractivity contribution in [1.82, 2.24) is 15.1 Å². The highest BCUT2D eigenvalue weighted by molar-refractivity contribution is 7.90. The SMILES string of the molecule is CCNC(=NCC(C)(C)CCS(C)(=O)=O)N1CCN(C2CC3CCC2C3)CC1. The molecule has 2 aliphatic carbocycles. The molecule has 1 aliphatic heterocycles. The van der Waals surface area contributed by atoms with Gasteiger partial charge in [0.2, 0.25) is 0 Å². The van der Waals surface area contributed by atoms with Crippen molar-refractivity contribution in [2.45, 2.75) is 58.9 Å². The number of nitrogens with zero attached hydrogens (tertiary/aromatic N) is 3. The molecule has 0 aromatic rings. The molecule has 1 heterocycles. The fraction of sp³-hybridized carbons (Fsp3) is 0.952. The van der Waals surface area contributed by atoms with Crippen LogP contribution in [-0.4, -0.2) is 81.5 Å².